The molecule has 0 aliphatic carbocycles. The fourth-order valence-electron chi connectivity index (χ4n) is 2.53. The summed E-state index contributed by atoms with van der Waals surface area (Å²) < 4.78 is 5.43. The van der Waals surface area contributed by atoms with Crippen molar-refractivity contribution in [3.05, 3.63) is 26.6 Å². The zero-order valence-electron chi connectivity index (χ0n) is 11.8. The van der Waals surface area contributed by atoms with Crippen LogP contribution in [0, 0.1) is 13.8 Å². The molecule has 1 aliphatic rings. The van der Waals surface area contributed by atoms with E-state index in [4.69, 9.17) is 4.74 Å². The van der Waals surface area contributed by atoms with Gasteiger partial charge in [0.25, 0.3) is 5.56 Å². The number of nitrogens with zero attached hydrogens (tertiary/aromatic N) is 1. The first-order valence-corrected chi connectivity index (χ1v) is 7.77. The quantitative estimate of drug-likeness (QED) is 0.906. The molecule has 6 heteroatoms. The summed E-state index contributed by atoms with van der Waals surface area (Å²) >= 11 is 1.58. The molecule has 0 radical (unpaired) electrons. The summed E-state index contributed by atoms with van der Waals surface area (Å²) in [5.41, 5.74) is 1.01. The van der Waals surface area contributed by atoms with Crippen LogP contribution in [0.1, 0.15) is 29.1 Å². The highest BCUT2D eigenvalue weighted by atomic mass is 32.1. The summed E-state index contributed by atoms with van der Waals surface area (Å²) in [7, 11) is 0. The molecule has 2 aromatic heterocycles. The molecule has 3 heterocycles. The summed E-state index contributed by atoms with van der Waals surface area (Å²) in [5.74, 6) is 0.703. The zero-order chi connectivity index (χ0) is 14.1. The third-order valence-corrected chi connectivity index (χ3v) is 4.91. The molecule has 5 nitrogen and oxygen atoms in total. The average Bonchev–Trinajstić information content (AvgIpc) is 2.73. The van der Waals surface area contributed by atoms with E-state index in [-0.39, 0.29) is 5.56 Å². The Kier molecular flexibility index (Phi) is 3.87. The van der Waals surface area contributed by atoms with E-state index in [1.54, 1.807) is 11.3 Å². The van der Waals surface area contributed by atoms with Gasteiger partial charge in [-0.2, -0.15) is 0 Å². The fraction of sp³-hybridized carbons (Fsp3) is 0.571. The lowest BCUT2D eigenvalue weighted by Gasteiger charge is -2.22. The Hall–Kier alpha value is -1.24. The highest BCUT2D eigenvalue weighted by Gasteiger charge is 2.15. The molecule has 1 atom stereocenters. The van der Waals surface area contributed by atoms with E-state index < -0.39 is 0 Å². The second-order valence-electron chi connectivity index (χ2n) is 5.27. The smallest absolute Gasteiger partial charge is 0.259 e. The van der Waals surface area contributed by atoms with Crippen LogP contribution in [0.2, 0.25) is 0 Å². The van der Waals surface area contributed by atoms with Crippen LogP contribution in [0.25, 0.3) is 10.2 Å². The van der Waals surface area contributed by atoms with Crippen molar-refractivity contribution in [1.82, 2.24) is 15.3 Å². The van der Waals surface area contributed by atoms with Crippen LogP contribution >= 0.6 is 11.3 Å². The fourth-order valence-corrected chi connectivity index (χ4v) is 3.57. The van der Waals surface area contributed by atoms with Crippen molar-refractivity contribution in [2.75, 3.05) is 13.2 Å². The lowest BCUT2D eigenvalue weighted by Crippen LogP contribution is -2.37. The predicted molar refractivity (Wildman–Crippen MR) is 80.4 cm³/mol. The number of nitrogens with one attached hydrogen (secondary N) is 2. The molecular formula is C14H19N3O2S. The first kappa shape index (κ1) is 13.7. The number of fused-ring (bicyclic) bond motifs is 1. The first-order chi connectivity index (χ1) is 9.65. The Morgan fingerprint density at radius 2 is 2.35 bits per heavy atom. The Balaban J connectivity index is 1.80. The number of aryl methyl sites for hydroxylation is 2. The number of hydrogen-bond donors (Lipinski definition) is 2. The molecule has 1 saturated heterocycles. The molecule has 1 unspecified atom stereocenters. The molecule has 0 amide bonds. The van der Waals surface area contributed by atoms with Crippen LogP contribution in [0.4, 0.5) is 0 Å². The lowest BCUT2D eigenvalue weighted by atomic mass is 10.1. The molecule has 20 heavy (non-hydrogen) atoms. The molecule has 0 aromatic carbocycles. The third-order valence-electron chi connectivity index (χ3n) is 3.81. The number of ether oxygens (including phenoxy) is 1. The number of rotatable bonds is 3. The van der Waals surface area contributed by atoms with Crippen LogP contribution in [0.15, 0.2) is 4.79 Å². The minimum atomic E-state index is -0.0338. The van der Waals surface area contributed by atoms with E-state index in [0.717, 1.165) is 46.7 Å². The highest BCUT2D eigenvalue weighted by Crippen LogP contribution is 2.25. The van der Waals surface area contributed by atoms with Crippen molar-refractivity contribution in [2.24, 2.45) is 0 Å². The standard InChI is InChI=1S/C14H19N3O2S/c1-8-9(2)20-14-12(8)13(18)16-11(17-14)6-15-10-4-3-5-19-7-10/h10,15H,3-7H2,1-2H3,(H,16,17,18). The van der Waals surface area contributed by atoms with Gasteiger partial charge in [-0.1, -0.05) is 0 Å². The van der Waals surface area contributed by atoms with Crippen LogP contribution in [0.5, 0.6) is 0 Å². The Bertz CT molecular complexity index is 671. The van der Waals surface area contributed by atoms with E-state index in [2.05, 4.69) is 15.3 Å². The van der Waals surface area contributed by atoms with Gasteiger partial charge in [-0.3, -0.25) is 4.79 Å². The maximum Gasteiger partial charge on any atom is 0.259 e. The van der Waals surface area contributed by atoms with Gasteiger partial charge in [0.2, 0.25) is 0 Å². The van der Waals surface area contributed by atoms with Crippen molar-refractivity contribution in [2.45, 2.75) is 39.3 Å². The maximum atomic E-state index is 12.1. The van der Waals surface area contributed by atoms with Gasteiger partial charge in [0.15, 0.2) is 0 Å². The highest BCUT2D eigenvalue weighted by molar-refractivity contribution is 7.18. The van der Waals surface area contributed by atoms with Crippen molar-refractivity contribution in [3.8, 4) is 0 Å². The van der Waals surface area contributed by atoms with Crippen LogP contribution < -0.4 is 10.9 Å². The van der Waals surface area contributed by atoms with Gasteiger partial charge >= 0.3 is 0 Å². The van der Waals surface area contributed by atoms with Gasteiger partial charge < -0.3 is 15.0 Å². The number of aromatic nitrogens is 2. The van der Waals surface area contributed by atoms with E-state index in [9.17, 15) is 4.79 Å². The van der Waals surface area contributed by atoms with Crippen LogP contribution in [-0.4, -0.2) is 29.2 Å². The van der Waals surface area contributed by atoms with E-state index in [1.807, 2.05) is 13.8 Å². The Labute approximate surface area is 121 Å². The Morgan fingerprint density at radius 1 is 1.50 bits per heavy atom. The average molecular weight is 293 g/mol. The van der Waals surface area contributed by atoms with Crippen LogP contribution in [0.3, 0.4) is 0 Å². The van der Waals surface area contributed by atoms with Gasteiger partial charge in [-0.15, -0.1) is 11.3 Å². The Morgan fingerprint density at radius 3 is 3.10 bits per heavy atom. The normalized spacial score (nSPS) is 19.6. The summed E-state index contributed by atoms with van der Waals surface area (Å²) in [6.45, 7) is 6.17. The summed E-state index contributed by atoms with van der Waals surface area (Å²) in [6.07, 6.45) is 2.20. The van der Waals surface area contributed by atoms with Crippen molar-refractivity contribution >= 4 is 21.6 Å². The molecule has 1 aliphatic heterocycles. The minimum absolute atomic E-state index is 0.0338. The summed E-state index contributed by atoms with van der Waals surface area (Å²) in [4.78, 5) is 21.6. The third kappa shape index (κ3) is 2.63. The van der Waals surface area contributed by atoms with Gasteiger partial charge in [0, 0.05) is 17.5 Å². The molecule has 1 fully saturated rings. The number of thiophene rings is 1. The predicted octanol–water partition coefficient (Wildman–Crippen LogP) is 1.87. The van der Waals surface area contributed by atoms with Crippen molar-refractivity contribution < 1.29 is 4.74 Å². The molecule has 0 spiro atoms. The minimum Gasteiger partial charge on any atom is -0.380 e. The maximum absolute atomic E-state index is 12.1. The second kappa shape index (κ2) is 5.63. The summed E-state index contributed by atoms with van der Waals surface area (Å²) in [5, 5.41) is 4.13. The van der Waals surface area contributed by atoms with Gasteiger partial charge in [0.05, 0.1) is 18.5 Å². The van der Waals surface area contributed by atoms with Gasteiger partial charge in [-0.25, -0.2) is 4.98 Å². The number of hydrogen-bond acceptors (Lipinski definition) is 5. The molecule has 0 bridgehead atoms. The molecule has 2 aromatic rings. The largest absolute Gasteiger partial charge is 0.380 e. The van der Waals surface area contributed by atoms with Crippen LogP contribution in [-0.2, 0) is 11.3 Å². The summed E-state index contributed by atoms with van der Waals surface area (Å²) in [6, 6.07) is 0.358. The molecular weight excluding hydrogens is 274 g/mol. The number of H-pyrrole nitrogens is 1. The van der Waals surface area contributed by atoms with Gasteiger partial charge in [-0.05, 0) is 32.3 Å². The van der Waals surface area contributed by atoms with E-state index >= 15 is 0 Å². The topological polar surface area (TPSA) is 67.0 Å². The molecule has 0 saturated carbocycles. The lowest BCUT2D eigenvalue weighted by molar-refractivity contribution is 0.0697. The zero-order valence-corrected chi connectivity index (χ0v) is 12.6. The second-order valence-corrected chi connectivity index (χ2v) is 6.47. The van der Waals surface area contributed by atoms with Crippen molar-refractivity contribution in [3.63, 3.8) is 0 Å². The monoisotopic (exact) mass is 293 g/mol. The number of aromatic amines is 1. The molecule has 2 N–H and O–H groups in total. The molecule has 108 valence electrons. The molecule has 3 rings (SSSR count). The first-order valence-electron chi connectivity index (χ1n) is 6.95. The van der Waals surface area contributed by atoms with E-state index in [0.29, 0.717) is 18.4 Å². The SMILES string of the molecule is Cc1sc2nc(CNC3CCCOC3)[nH]c(=O)c2c1C. The van der Waals surface area contributed by atoms with Gasteiger partial charge in [0.1, 0.15) is 10.7 Å². The van der Waals surface area contributed by atoms with E-state index in [1.165, 1.54) is 0 Å². The van der Waals surface area contributed by atoms with Crippen molar-refractivity contribution in [1.29, 1.82) is 0 Å².